The molecule has 0 aromatic carbocycles. The van der Waals surface area contributed by atoms with Crippen molar-refractivity contribution in [2.75, 3.05) is 7.05 Å². The molecule has 1 saturated heterocycles. The topological polar surface area (TPSA) is 38.8 Å². The van der Waals surface area contributed by atoms with E-state index in [1.54, 1.807) is 0 Å². The average molecular weight is 233 g/mol. The van der Waals surface area contributed by atoms with Crippen LogP contribution in [0.1, 0.15) is 33.6 Å². The first-order valence-electron chi connectivity index (χ1n) is 5.20. The van der Waals surface area contributed by atoms with E-state index in [1.807, 2.05) is 32.7 Å². The highest BCUT2D eigenvalue weighted by Crippen LogP contribution is 2.34. The van der Waals surface area contributed by atoms with Gasteiger partial charge in [-0.15, -0.1) is 12.6 Å². The van der Waals surface area contributed by atoms with Gasteiger partial charge in [0.1, 0.15) is 6.10 Å². The fourth-order valence-electron chi connectivity index (χ4n) is 1.55. The summed E-state index contributed by atoms with van der Waals surface area (Å²) in [6, 6.07) is 0. The van der Waals surface area contributed by atoms with Gasteiger partial charge < -0.3 is 9.47 Å². The second-order valence-corrected chi connectivity index (χ2v) is 4.44. The van der Waals surface area contributed by atoms with Gasteiger partial charge in [-0.3, -0.25) is 4.79 Å². The molecule has 1 rings (SSSR count). The van der Waals surface area contributed by atoms with Crippen LogP contribution < -0.4 is 0 Å². The van der Waals surface area contributed by atoms with E-state index in [0.29, 0.717) is 6.42 Å². The molecule has 0 spiro atoms. The molecule has 0 N–H and O–H groups in total. The number of esters is 1. The van der Waals surface area contributed by atoms with Crippen LogP contribution in [-0.4, -0.2) is 35.3 Å². The van der Waals surface area contributed by atoms with E-state index in [4.69, 9.17) is 9.47 Å². The Labute approximate surface area is 96.3 Å². The van der Waals surface area contributed by atoms with Gasteiger partial charge in [0.2, 0.25) is 0 Å². The van der Waals surface area contributed by atoms with Crippen LogP contribution in [0.2, 0.25) is 0 Å². The molecule has 3 atom stereocenters. The predicted octanol–water partition coefficient (Wildman–Crippen LogP) is 1.61. The largest absolute Gasteiger partial charge is 0.441 e. The zero-order valence-corrected chi connectivity index (χ0v) is 10.6. The van der Waals surface area contributed by atoms with E-state index in [-0.39, 0.29) is 17.6 Å². The van der Waals surface area contributed by atoms with E-state index >= 15 is 0 Å². The second kappa shape index (κ2) is 4.72. The minimum Gasteiger partial charge on any atom is -0.441 e. The molecule has 0 radical (unpaired) electrons. The van der Waals surface area contributed by atoms with Crippen LogP contribution in [0.4, 0.5) is 0 Å². The van der Waals surface area contributed by atoms with E-state index in [1.165, 1.54) is 0 Å². The lowest BCUT2D eigenvalue weighted by atomic mass is 10.1. The Balaban J connectivity index is 2.68. The highest BCUT2D eigenvalue weighted by Gasteiger charge is 2.49. The Morgan fingerprint density at radius 2 is 2.27 bits per heavy atom. The van der Waals surface area contributed by atoms with Crippen LogP contribution in [0.25, 0.3) is 0 Å². The number of hydrogen-bond donors (Lipinski definition) is 1. The van der Waals surface area contributed by atoms with E-state index in [2.05, 4.69) is 12.6 Å². The van der Waals surface area contributed by atoms with Crippen molar-refractivity contribution in [3.63, 3.8) is 0 Å². The van der Waals surface area contributed by atoms with Crippen molar-refractivity contribution in [2.24, 2.45) is 0 Å². The normalized spacial score (nSPS) is 36.9. The summed E-state index contributed by atoms with van der Waals surface area (Å²) in [5.41, 5.74) is -1.03. The number of hydrogen-bond acceptors (Lipinski definition) is 5. The first-order valence-corrected chi connectivity index (χ1v) is 5.71. The van der Waals surface area contributed by atoms with Crippen molar-refractivity contribution in [1.29, 1.82) is 0 Å². The molecule has 0 aliphatic carbocycles. The van der Waals surface area contributed by atoms with Gasteiger partial charge in [-0.05, 0) is 27.3 Å². The van der Waals surface area contributed by atoms with Crippen molar-refractivity contribution in [2.45, 2.75) is 51.0 Å². The summed E-state index contributed by atoms with van der Waals surface area (Å²) < 4.78 is 10.9. The minimum atomic E-state index is -0.710. The van der Waals surface area contributed by atoms with Crippen molar-refractivity contribution < 1.29 is 14.3 Å². The number of rotatable bonds is 3. The number of ether oxygens (including phenoxy) is 2. The zero-order chi connectivity index (χ0) is 11.6. The molecule has 0 saturated carbocycles. The molecule has 1 aliphatic rings. The molecule has 1 aliphatic heterocycles. The number of carbonyl (C=O) groups is 1. The third kappa shape index (κ3) is 2.46. The lowest BCUT2D eigenvalue weighted by Gasteiger charge is -2.33. The van der Waals surface area contributed by atoms with E-state index < -0.39 is 5.72 Å². The van der Waals surface area contributed by atoms with Gasteiger partial charge in [0.15, 0.2) is 11.3 Å². The Bertz CT molecular complexity index is 249. The molecular weight excluding hydrogens is 214 g/mol. The smallest absolute Gasteiger partial charge is 0.307 e. The number of thiol groups is 1. The summed E-state index contributed by atoms with van der Waals surface area (Å²) in [7, 11) is 1.83. The van der Waals surface area contributed by atoms with E-state index in [9.17, 15) is 4.79 Å². The lowest BCUT2D eigenvalue weighted by molar-refractivity contribution is -0.177. The maximum absolute atomic E-state index is 11.5. The lowest BCUT2D eigenvalue weighted by Crippen LogP contribution is -2.49. The molecule has 1 heterocycles. The average Bonchev–Trinajstić information content (AvgIpc) is 2.31. The summed E-state index contributed by atoms with van der Waals surface area (Å²) in [6.07, 6.45) is 1.05. The summed E-state index contributed by atoms with van der Waals surface area (Å²) in [5.74, 6) is -0.190. The van der Waals surface area contributed by atoms with Crippen LogP contribution in [0.3, 0.4) is 0 Å². The summed E-state index contributed by atoms with van der Waals surface area (Å²) >= 11 is 4.25. The fraction of sp³-hybridized carbons (Fsp3) is 0.900. The summed E-state index contributed by atoms with van der Waals surface area (Å²) in [6.45, 7) is 5.68. The van der Waals surface area contributed by atoms with E-state index in [0.717, 1.165) is 6.42 Å². The Morgan fingerprint density at radius 3 is 2.67 bits per heavy atom. The molecule has 88 valence electrons. The molecule has 0 aromatic heterocycles. The monoisotopic (exact) mass is 233 g/mol. The molecule has 15 heavy (non-hydrogen) atoms. The van der Waals surface area contributed by atoms with Gasteiger partial charge in [-0.2, -0.15) is 0 Å². The SMILES string of the molecule is CCCC(=O)OC1(C)C(C)OC(S)N1C. The number of likely N-dealkylation sites (N-methyl/N-ethyl adjacent to an activating group) is 1. The van der Waals surface area contributed by atoms with Crippen molar-refractivity contribution >= 4 is 18.6 Å². The summed E-state index contributed by atoms with van der Waals surface area (Å²) in [5, 5.41) is 0. The molecule has 4 nitrogen and oxygen atoms in total. The summed E-state index contributed by atoms with van der Waals surface area (Å²) in [4.78, 5) is 13.3. The first-order chi connectivity index (χ1) is 6.91. The minimum absolute atomic E-state index is 0.175. The molecule has 1 fully saturated rings. The van der Waals surface area contributed by atoms with Crippen molar-refractivity contribution in [3.05, 3.63) is 0 Å². The van der Waals surface area contributed by atoms with Crippen LogP contribution >= 0.6 is 12.6 Å². The molecule has 5 heteroatoms. The van der Waals surface area contributed by atoms with Crippen molar-refractivity contribution in [3.8, 4) is 0 Å². The van der Waals surface area contributed by atoms with Gasteiger partial charge in [-0.1, -0.05) is 6.92 Å². The third-order valence-corrected chi connectivity index (χ3v) is 3.35. The second-order valence-electron chi connectivity index (χ2n) is 3.99. The van der Waals surface area contributed by atoms with Crippen LogP contribution in [-0.2, 0) is 14.3 Å². The maximum atomic E-state index is 11.5. The molecule has 0 aromatic rings. The number of carbonyl (C=O) groups excluding carboxylic acids is 1. The van der Waals surface area contributed by atoms with Crippen LogP contribution in [0.5, 0.6) is 0 Å². The quantitative estimate of drug-likeness (QED) is 0.594. The highest BCUT2D eigenvalue weighted by molar-refractivity contribution is 7.80. The third-order valence-electron chi connectivity index (χ3n) is 2.89. The standard InChI is InChI=1S/C10H19NO3S/c1-5-6-8(12)14-10(3)7(2)13-9(15)11(10)4/h7,9,15H,5-6H2,1-4H3. The van der Waals surface area contributed by atoms with Gasteiger partial charge in [0.05, 0.1) is 0 Å². The molecule has 0 bridgehead atoms. The Hall–Kier alpha value is -0.260. The van der Waals surface area contributed by atoms with Gasteiger partial charge in [0.25, 0.3) is 0 Å². The van der Waals surface area contributed by atoms with Crippen LogP contribution in [0.15, 0.2) is 0 Å². The van der Waals surface area contributed by atoms with Crippen molar-refractivity contribution in [1.82, 2.24) is 4.90 Å². The Kier molecular flexibility index (Phi) is 4.03. The number of nitrogens with zero attached hydrogens (tertiary/aromatic N) is 1. The fourth-order valence-corrected chi connectivity index (χ4v) is 1.96. The molecular formula is C10H19NO3S. The van der Waals surface area contributed by atoms with Gasteiger partial charge in [0, 0.05) is 6.42 Å². The first kappa shape index (κ1) is 12.8. The molecule has 0 amide bonds. The highest BCUT2D eigenvalue weighted by atomic mass is 32.1. The molecule has 3 unspecified atom stereocenters. The van der Waals surface area contributed by atoms with Gasteiger partial charge >= 0.3 is 5.97 Å². The van der Waals surface area contributed by atoms with Gasteiger partial charge in [-0.25, -0.2) is 4.90 Å². The Morgan fingerprint density at radius 1 is 1.67 bits per heavy atom. The predicted molar refractivity (Wildman–Crippen MR) is 60.5 cm³/mol. The maximum Gasteiger partial charge on any atom is 0.307 e. The zero-order valence-electron chi connectivity index (χ0n) is 9.69. The van der Waals surface area contributed by atoms with Crippen LogP contribution in [0, 0.1) is 0 Å².